The molecule has 0 saturated carbocycles. The van der Waals surface area contributed by atoms with Crippen molar-refractivity contribution in [3.05, 3.63) is 23.8 Å². The molecule has 0 fully saturated rings. The zero-order chi connectivity index (χ0) is 19.4. The van der Waals surface area contributed by atoms with E-state index in [0.29, 0.717) is 6.07 Å². The highest BCUT2D eigenvalue weighted by Crippen LogP contribution is 2.39. The molecule has 2 rings (SSSR count). The Morgan fingerprint density at radius 2 is 1.32 bits per heavy atom. The Morgan fingerprint density at radius 1 is 0.800 bits per heavy atom. The maximum absolute atomic E-state index is 11.6. The Balaban J connectivity index is 3.24. The molecular formula is C12H12O10S3. The first kappa shape index (κ1) is 19.6. The van der Waals surface area contributed by atoms with Crippen molar-refractivity contribution in [3.8, 4) is 5.75 Å². The summed E-state index contributed by atoms with van der Waals surface area (Å²) in [5.74, 6) is -0.320. The maximum atomic E-state index is 11.6. The van der Waals surface area contributed by atoms with Crippen LogP contribution in [-0.4, -0.2) is 46.0 Å². The summed E-state index contributed by atoms with van der Waals surface area (Å²) in [5, 5.41) is -0.639. The average molecular weight is 412 g/mol. The van der Waals surface area contributed by atoms with Crippen molar-refractivity contribution in [2.75, 3.05) is 7.11 Å². The molecule has 2 aromatic rings. The van der Waals surface area contributed by atoms with Crippen molar-refractivity contribution < 1.29 is 43.6 Å². The van der Waals surface area contributed by atoms with Gasteiger partial charge < -0.3 is 4.74 Å². The normalized spacial score (nSPS) is 13.2. The van der Waals surface area contributed by atoms with Crippen LogP contribution in [0.1, 0.15) is 5.56 Å². The van der Waals surface area contributed by atoms with Gasteiger partial charge in [0.25, 0.3) is 30.4 Å². The molecule has 13 heteroatoms. The predicted molar refractivity (Wildman–Crippen MR) is 84.7 cm³/mol. The SMILES string of the molecule is COc1c(C)c(S(=O)(=O)O)cc2cc(S(=O)(=O)O)cc(S(=O)(=O)O)c12. The Kier molecular flexibility index (Phi) is 4.61. The monoisotopic (exact) mass is 412 g/mol. The van der Waals surface area contributed by atoms with Gasteiger partial charge in [-0.3, -0.25) is 13.7 Å². The molecule has 0 saturated heterocycles. The van der Waals surface area contributed by atoms with Crippen LogP contribution in [0, 0.1) is 6.92 Å². The molecule has 0 unspecified atom stereocenters. The van der Waals surface area contributed by atoms with Gasteiger partial charge in [0, 0.05) is 10.9 Å². The number of benzene rings is 2. The fourth-order valence-corrected chi connectivity index (χ4v) is 4.51. The smallest absolute Gasteiger partial charge is 0.295 e. The summed E-state index contributed by atoms with van der Waals surface area (Å²) < 4.78 is 102. The molecule has 138 valence electrons. The quantitative estimate of drug-likeness (QED) is 0.612. The van der Waals surface area contributed by atoms with Crippen LogP contribution < -0.4 is 4.74 Å². The molecule has 0 radical (unpaired) electrons. The second-order valence-electron chi connectivity index (χ2n) is 4.98. The molecule has 0 aliphatic heterocycles. The van der Waals surface area contributed by atoms with Crippen molar-refractivity contribution in [1.29, 1.82) is 0 Å². The van der Waals surface area contributed by atoms with Gasteiger partial charge in [-0.05, 0) is 30.5 Å². The Hall–Kier alpha value is -1.77. The third-order valence-electron chi connectivity index (χ3n) is 3.39. The molecule has 0 bridgehead atoms. The third kappa shape index (κ3) is 3.61. The van der Waals surface area contributed by atoms with Gasteiger partial charge >= 0.3 is 0 Å². The standard InChI is InChI=1S/C12H12O10S3/c1-6-9(24(16,17)18)4-7-3-8(23(13,14)15)5-10(25(19,20)21)11(7)12(6)22-2/h3-5H,1-2H3,(H,13,14,15)(H,16,17,18)(H,19,20,21). The van der Waals surface area contributed by atoms with Crippen LogP contribution in [-0.2, 0) is 30.4 Å². The minimum absolute atomic E-state index is 0.165. The fourth-order valence-electron chi connectivity index (χ4n) is 2.39. The minimum Gasteiger partial charge on any atom is -0.496 e. The first-order chi connectivity index (χ1) is 11.2. The van der Waals surface area contributed by atoms with E-state index >= 15 is 0 Å². The van der Waals surface area contributed by atoms with E-state index in [2.05, 4.69) is 0 Å². The molecule has 0 amide bonds. The van der Waals surface area contributed by atoms with Gasteiger partial charge in [-0.25, -0.2) is 0 Å². The topological polar surface area (TPSA) is 172 Å². The van der Waals surface area contributed by atoms with Gasteiger partial charge in [0.05, 0.1) is 12.0 Å². The zero-order valence-electron chi connectivity index (χ0n) is 12.7. The van der Waals surface area contributed by atoms with Gasteiger partial charge in [0.15, 0.2) is 0 Å². The van der Waals surface area contributed by atoms with E-state index in [1.165, 1.54) is 6.92 Å². The van der Waals surface area contributed by atoms with Crippen molar-refractivity contribution in [1.82, 2.24) is 0 Å². The van der Waals surface area contributed by atoms with Gasteiger partial charge in [-0.2, -0.15) is 25.3 Å². The van der Waals surface area contributed by atoms with E-state index in [0.717, 1.165) is 19.2 Å². The summed E-state index contributed by atoms with van der Waals surface area (Å²) in [4.78, 5) is -2.48. The predicted octanol–water partition coefficient (Wildman–Crippen LogP) is 0.897. The van der Waals surface area contributed by atoms with Gasteiger partial charge in [-0.1, -0.05) is 0 Å². The minimum atomic E-state index is -4.98. The van der Waals surface area contributed by atoms with E-state index in [-0.39, 0.29) is 22.1 Å². The Labute approximate surface area is 143 Å². The highest BCUT2D eigenvalue weighted by Gasteiger charge is 2.27. The van der Waals surface area contributed by atoms with Crippen molar-refractivity contribution in [3.63, 3.8) is 0 Å². The number of rotatable bonds is 4. The molecule has 10 nitrogen and oxygen atoms in total. The van der Waals surface area contributed by atoms with Crippen molar-refractivity contribution >= 4 is 41.1 Å². The van der Waals surface area contributed by atoms with Crippen LogP contribution in [0.2, 0.25) is 0 Å². The van der Waals surface area contributed by atoms with Crippen LogP contribution in [0.5, 0.6) is 5.75 Å². The lowest BCUT2D eigenvalue weighted by Gasteiger charge is -2.15. The van der Waals surface area contributed by atoms with Crippen molar-refractivity contribution in [2.24, 2.45) is 0 Å². The summed E-state index contributed by atoms with van der Waals surface area (Å²) >= 11 is 0. The van der Waals surface area contributed by atoms with Crippen LogP contribution in [0.3, 0.4) is 0 Å². The highest BCUT2D eigenvalue weighted by molar-refractivity contribution is 7.87. The molecule has 3 N–H and O–H groups in total. The third-order valence-corrected chi connectivity index (χ3v) is 6.08. The molecule has 25 heavy (non-hydrogen) atoms. The van der Waals surface area contributed by atoms with Crippen LogP contribution in [0.15, 0.2) is 32.9 Å². The van der Waals surface area contributed by atoms with E-state index in [9.17, 15) is 34.4 Å². The van der Waals surface area contributed by atoms with E-state index in [1.54, 1.807) is 0 Å². The lowest BCUT2D eigenvalue weighted by Crippen LogP contribution is -2.08. The Bertz CT molecular complexity index is 1190. The number of fused-ring (bicyclic) bond motifs is 1. The van der Waals surface area contributed by atoms with Crippen LogP contribution in [0.4, 0.5) is 0 Å². The first-order valence-corrected chi connectivity index (χ1v) is 10.6. The van der Waals surface area contributed by atoms with Gasteiger partial charge in [0.1, 0.15) is 15.5 Å². The molecule has 0 spiro atoms. The van der Waals surface area contributed by atoms with E-state index in [1.807, 2.05) is 0 Å². The first-order valence-electron chi connectivity index (χ1n) is 6.25. The molecule has 0 aliphatic carbocycles. The van der Waals surface area contributed by atoms with Gasteiger partial charge in [0.2, 0.25) is 0 Å². The number of hydrogen-bond donors (Lipinski definition) is 3. The lowest BCUT2D eigenvalue weighted by molar-refractivity contribution is 0.413. The molecule has 0 aliphatic rings. The second kappa shape index (κ2) is 5.89. The second-order valence-corrected chi connectivity index (χ2v) is 9.18. The molecular weight excluding hydrogens is 400 g/mol. The molecule has 0 atom stereocenters. The lowest BCUT2D eigenvalue weighted by atomic mass is 10.1. The molecule has 0 aromatic heterocycles. The zero-order valence-corrected chi connectivity index (χ0v) is 15.1. The Morgan fingerprint density at radius 3 is 1.72 bits per heavy atom. The summed E-state index contributed by atoms with van der Waals surface area (Å²) in [5.41, 5.74) is -0.165. The number of hydrogen-bond acceptors (Lipinski definition) is 7. The van der Waals surface area contributed by atoms with Crippen molar-refractivity contribution in [2.45, 2.75) is 21.6 Å². The maximum Gasteiger partial charge on any atom is 0.295 e. The van der Waals surface area contributed by atoms with Crippen LogP contribution in [0.25, 0.3) is 10.8 Å². The summed E-state index contributed by atoms with van der Waals surface area (Å²) in [6.07, 6.45) is 0. The fraction of sp³-hybridized carbons (Fsp3) is 0.167. The number of methoxy groups -OCH3 is 1. The summed E-state index contributed by atoms with van der Waals surface area (Å²) in [6.45, 7) is 1.21. The highest BCUT2D eigenvalue weighted by atomic mass is 32.2. The average Bonchev–Trinajstić information content (AvgIpc) is 2.42. The van der Waals surface area contributed by atoms with Gasteiger partial charge in [-0.15, -0.1) is 0 Å². The number of ether oxygens (including phenoxy) is 1. The van der Waals surface area contributed by atoms with Crippen LogP contribution >= 0.6 is 0 Å². The summed E-state index contributed by atoms with van der Waals surface area (Å²) in [7, 11) is -13.5. The molecule has 2 aromatic carbocycles. The van der Waals surface area contributed by atoms with E-state index < -0.39 is 45.0 Å². The largest absolute Gasteiger partial charge is 0.496 e. The summed E-state index contributed by atoms with van der Waals surface area (Å²) in [6, 6.07) is 2.07. The van der Waals surface area contributed by atoms with E-state index in [4.69, 9.17) is 9.29 Å². The molecule has 0 heterocycles.